The van der Waals surface area contributed by atoms with E-state index in [2.05, 4.69) is 15.0 Å². The van der Waals surface area contributed by atoms with Gasteiger partial charge < -0.3 is 0 Å². The van der Waals surface area contributed by atoms with E-state index in [1.54, 1.807) is 18.6 Å². The predicted molar refractivity (Wildman–Crippen MR) is 101 cm³/mol. The summed E-state index contributed by atoms with van der Waals surface area (Å²) in [5, 5.41) is 0. The fourth-order valence-corrected chi connectivity index (χ4v) is 5.19. The lowest BCUT2D eigenvalue weighted by atomic mass is 10.2. The molecule has 1 aliphatic heterocycles. The van der Waals surface area contributed by atoms with Crippen LogP contribution in [0, 0.1) is 5.82 Å². The van der Waals surface area contributed by atoms with Gasteiger partial charge in [0, 0.05) is 25.4 Å². The Hall–Kier alpha value is -2.65. The molecule has 0 bridgehead atoms. The SMILES string of the molecule is CCc1nccn1-c1cncc(C2CCCN2S(=O)(=O)c2ccc(F)cc2)n1. The van der Waals surface area contributed by atoms with Crippen LogP contribution in [0.1, 0.15) is 37.3 Å². The Morgan fingerprint density at radius 1 is 1.21 bits per heavy atom. The van der Waals surface area contributed by atoms with E-state index < -0.39 is 21.9 Å². The minimum absolute atomic E-state index is 0.0767. The number of hydrogen-bond acceptors (Lipinski definition) is 5. The Bertz CT molecular complexity index is 1080. The number of rotatable bonds is 5. The normalized spacial score (nSPS) is 17.9. The zero-order valence-electron chi connectivity index (χ0n) is 15.4. The van der Waals surface area contributed by atoms with Crippen LogP contribution < -0.4 is 0 Å². The third-order valence-corrected chi connectivity index (χ3v) is 6.81. The Morgan fingerprint density at radius 2 is 2.00 bits per heavy atom. The fourth-order valence-electron chi connectivity index (χ4n) is 3.52. The van der Waals surface area contributed by atoms with Crippen LogP contribution in [-0.4, -0.2) is 38.8 Å². The van der Waals surface area contributed by atoms with Crippen molar-refractivity contribution < 1.29 is 12.8 Å². The summed E-state index contributed by atoms with van der Waals surface area (Å²) in [5.74, 6) is 0.995. The molecule has 1 aliphatic rings. The molecule has 2 aromatic heterocycles. The first-order valence-corrected chi connectivity index (χ1v) is 10.6. The van der Waals surface area contributed by atoms with E-state index in [0.29, 0.717) is 24.5 Å². The highest BCUT2D eigenvalue weighted by atomic mass is 32.2. The number of nitrogens with zero attached hydrogens (tertiary/aromatic N) is 5. The van der Waals surface area contributed by atoms with Crippen LogP contribution in [0.4, 0.5) is 4.39 Å². The summed E-state index contributed by atoms with van der Waals surface area (Å²) in [4.78, 5) is 13.3. The van der Waals surface area contributed by atoms with E-state index in [4.69, 9.17) is 0 Å². The van der Waals surface area contributed by atoms with Crippen LogP contribution in [0.25, 0.3) is 5.82 Å². The first-order chi connectivity index (χ1) is 13.5. The molecule has 28 heavy (non-hydrogen) atoms. The van der Waals surface area contributed by atoms with E-state index in [9.17, 15) is 12.8 Å². The minimum Gasteiger partial charge on any atom is -0.287 e. The van der Waals surface area contributed by atoms with E-state index in [0.717, 1.165) is 30.8 Å². The number of imidazole rings is 1. The molecule has 1 atom stereocenters. The first-order valence-electron chi connectivity index (χ1n) is 9.12. The smallest absolute Gasteiger partial charge is 0.243 e. The topological polar surface area (TPSA) is 81.0 Å². The van der Waals surface area contributed by atoms with Gasteiger partial charge in [0.1, 0.15) is 11.6 Å². The minimum atomic E-state index is -3.75. The Labute approximate surface area is 162 Å². The predicted octanol–water partition coefficient (Wildman–Crippen LogP) is 2.89. The van der Waals surface area contributed by atoms with Crippen molar-refractivity contribution in [1.29, 1.82) is 0 Å². The molecule has 1 unspecified atom stereocenters. The highest BCUT2D eigenvalue weighted by Crippen LogP contribution is 2.35. The molecule has 0 aliphatic carbocycles. The molecule has 3 heterocycles. The van der Waals surface area contributed by atoms with Crippen LogP contribution in [-0.2, 0) is 16.4 Å². The molecule has 0 amide bonds. The monoisotopic (exact) mass is 401 g/mol. The molecule has 0 saturated carbocycles. The average Bonchev–Trinajstić information content (AvgIpc) is 3.38. The fraction of sp³-hybridized carbons (Fsp3) is 0.316. The van der Waals surface area contributed by atoms with E-state index in [1.807, 2.05) is 17.7 Å². The molecule has 4 rings (SSSR count). The number of halogens is 1. The van der Waals surface area contributed by atoms with Crippen molar-refractivity contribution in [1.82, 2.24) is 23.8 Å². The molecule has 0 radical (unpaired) electrons. The van der Waals surface area contributed by atoms with Gasteiger partial charge in [0.05, 0.1) is 29.0 Å². The molecular weight excluding hydrogens is 381 g/mol. The van der Waals surface area contributed by atoms with Gasteiger partial charge in [-0.3, -0.25) is 9.55 Å². The first kappa shape index (κ1) is 18.7. The maximum absolute atomic E-state index is 13.2. The highest BCUT2D eigenvalue weighted by Gasteiger charge is 2.37. The van der Waals surface area contributed by atoms with Crippen molar-refractivity contribution in [3.63, 3.8) is 0 Å². The van der Waals surface area contributed by atoms with Gasteiger partial charge in [0.2, 0.25) is 10.0 Å². The second-order valence-corrected chi connectivity index (χ2v) is 8.49. The summed E-state index contributed by atoms with van der Waals surface area (Å²) in [6, 6.07) is 4.49. The maximum Gasteiger partial charge on any atom is 0.243 e. The van der Waals surface area contributed by atoms with Crippen molar-refractivity contribution in [3.8, 4) is 5.82 Å². The summed E-state index contributed by atoms with van der Waals surface area (Å²) in [6.07, 6.45) is 8.88. The second kappa shape index (κ2) is 7.40. The molecule has 1 saturated heterocycles. The summed E-state index contributed by atoms with van der Waals surface area (Å²) in [7, 11) is -3.75. The third kappa shape index (κ3) is 3.31. The van der Waals surface area contributed by atoms with Crippen LogP contribution in [0.15, 0.2) is 53.9 Å². The summed E-state index contributed by atoms with van der Waals surface area (Å²) >= 11 is 0. The summed E-state index contributed by atoms with van der Waals surface area (Å²) in [6.45, 7) is 2.39. The third-order valence-electron chi connectivity index (χ3n) is 4.89. The van der Waals surface area contributed by atoms with Gasteiger partial charge in [-0.2, -0.15) is 4.31 Å². The molecule has 3 aromatic rings. The van der Waals surface area contributed by atoms with Gasteiger partial charge in [-0.25, -0.2) is 22.8 Å². The number of aryl methyl sites for hydroxylation is 1. The molecule has 146 valence electrons. The average molecular weight is 401 g/mol. The number of aromatic nitrogens is 4. The van der Waals surface area contributed by atoms with Crippen molar-refractivity contribution in [2.24, 2.45) is 0 Å². The largest absolute Gasteiger partial charge is 0.287 e. The van der Waals surface area contributed by atoms with Crippen LogP contribution >= 0.6 is 0 Å². The summed E-state index contributed by atoms with van der Waals surface area (Å²) < 4.78 is 42.7. The van der Waals surface area contributed by atoms with Crippen molar-refractivity contribution in [2.75, 3.05) is 6.54 Å². The van der Waals surface area contributed by atoms with E-state index in [1.165, 1.54) is 16.4 Å². The Balaban J connectivity index is 1.69. The molecule has 1 fully saturated rings. The molecule has 7 nitrogen and oxygen atoms in total. The van der Waals surface area contributed by atoms with Gasteiger partial charge in [0.15, 0.2) is 5.82 Å². The molecule has 9 heteroatoms. The lowest BCUT2D eigenvalue weighted by Crippen LogP contribution is -2.31. The van der Waals surface area contributed by atoms with E-state index in [-0.39, 0.29) is 4.90 Å². The van der Waals surface area contributed by atoms with Crippen LogP contribution in [0.3, 0.4) is 0 Å². The molecular formula is C19H20FN5O2S. The van der Waals surface area contributed by atoms with Crippen molar-refractivity contribution >= 4 is 10.0 Å². The lowest BCUT2D eigenvalue weighted by Gasteiger charge is -2.24. The molecule has 0 spiro atoms. The van der Waals surface area contributed by atoms with Gasteiger partial charge in [-0.05, 0) is 37.1 Å². The van der Waals surface area contributed by atoms with Crippen LogP contribution in [0.5, 0.6) is 0 Å². The van der Waals surface area contributed by atoms with Crippen molar-refractivity contribution in [2.45, 2.75) is 37.1 Å². The molecule has 1 aromatic carbocycles. The van der Waals surface area contributed by atoms with Gasteiger partial charge >= 0.3 is 0 Å². The second-order valence-electron chi connectivity index (χ2n) is 6.60. The Morgan fingerprint density at radius 3 is 2.75 bits per heavy atom. The number of sulfonamides is 1. The molecule has 0 N–H and O–H groups in total. The van der Waals surface area contributed by atoms with Gasteiger partial charge in [0.25, 0.3) is 0 Å². The quantitative estimate of drug-likeness (QED) is 0.657. The van der Waals surface area contributed by atoms with Gasteiger partial charge in [-0.15, -0.1) is 0 Å². The maximum atomic E-state index is 13.2. The zero-order chi connectivity index (χ0) is 19.7. The number of benzene rings is 1. The van der Waals surface area contributed by atoms with Crippen LogP contribution in [0.2, 0.25) is 0 Å². The Kier molecular flexibility index (Phi) is 4.94. The standard InChI is InChI=1S/C19H20FN5O2S/c1-2-18-22-9-11-24(18)19-13-21-12-16(23-19)17-4-3-10-25(17)28(26,27)15-7-5-14(20)6-8-15/h5-9,11-13,17H,2-4,10H2,1H3. The highest BCUT2D eigenvalue weighted by molar-refractivity contribution is 7.89. The zero-order valence-corrected chi connectivity index (χ0v) is 16.2. The summed E-state index contributed by atoms with van der Waals surface area (Å²) in [5.41, 5.74) is 0.594. The number of hydrogen-bond donors (Lipinski definition) is 0. The van der Waals surface area contributed by atoms with Crippen molar-refractivity contribution in [3.05, 3.63) is 66.4 Å². The van der Waals surface area contributed by atoms with Gasteiger partial charge in [-0.1, -0.05) is 6.92 Å². The van der Waals surface area contributed by atoms with E-state index >= 15 is 0 Å². The lowest BCUT2D eigenvalue weighted by molar-refractivity contribution is 0.389.